The third-order valence-corrected chi connectivity index (χ3v) is 3.64. The quantitative estimate of drug-likeness (QED) is 0.853. The van der Waals surface area contributed by atoms with Gasteiger partial charge in [-0.2, -0.15) is 0 Å². The van der Waals surface area contributed by atoms with E-state index in [2.05, 4.69) is 10.6 Å². The van der Waals surface area contributed by atoms with Gasteiger partial charge in [0.2, 0.25) is 0 Å². The van der Waals surface area contributed by atoms with Crippen LogP contribution in [0.3, 0.4) is 0 Å². The number of hydrogen-bond acceptors (Lipinski definition) is 2. The Balaban J connectivity index is 1.85. The van der Waals surface area contributed by atoms with Crippen molar-refractivity contribution >= 4 is 5.91 Å². The highest BCUT2D eigenvalue weighted by Crippen LogP contribution is 2.12. The molecule has 1 fully saturated rings. The van der Waals surface area contributed by atoms with E-state index in [9.17, 15) is 4.79 Å². The maximum absolute atomic E-state index is 12.1. The van der Waals surface area contributed by atoms with Gasteiger partial charge in [0.15, 0.2) is 0 Å². The molecule has 3 nitrogen and oxygen atoms in total. The van der Waals surface area contributed by atoms with Gasteiger partial charge < -0.3 is 10.6 Å². The lowest BCUT2D eigenvalue weighted by Crippen LogP contribution is -2.27. The monoisotopic (exact) mass is 246 g/mol. The molecule has 0 saturated carbocycles. The van der Waals surface area contributed by atoms with E-state index in [1.54, 1.807) is 0 Å². The molecule has 1 aromatic rings. The van der Waals surface area contributed by atoms with Crippen molar-refractivity contribution in [1.82, 2.24) is 10.6 Å². The van der Waals surface area contributed by atoms with Crippen molar-refractivity contribution in [3.8, 4) is 0 Å². The summed E-state index contributed by atoms with van der Waals surface area (Å²) in [6.07, 6.45) is 2.31. The molecule has 1 heterocycles. The zero-order valence-corrected chi connectivity index (χ0v) is 11.3. The Hall–Kier alpha value is -1.35. The largest absolute Gasteiger partial charge is 0.352 e. The van der Waals surface area contributed by atoms with E-state index in [1.807, 2.05) is 32.0 Å². The van der Waals surface area contributed by atoms with E-state index in [1.165, 1.54) is 6.42 Å². The maximum Gasteiger partial charge on any atom is 0.251 e. The van der Waals surface area contributed by atoms with Gasteiger partial charge in [0.25, 0.3) is 5.91 Å². The molecule has 98 valence electrons. The second-order valence-electron chi connectivity index (χ2n) is 5.22. The van der Waals surface area contributed by atoms with Gasteiger partial charge in [-0.25, -0.2) is 0 Å². The van der Waals surface area contributed by atoms with Crippen LogP contribution in [0, 0.1) is 19.8 Å². The summed E-state index contributed by atoms with van der Waals surface area (Å²) in [7, 11) is 0. The minimum Gasteiger partial charge on any atom is -0.352 e. The molecule has 2 N–H and O–H groups in total. The number of nitrogens with one attached hydrogen (secondary N) is 2. The van der Waals surface area contributed by atoms with Gasteiger partial charge in [0.05, 0.1) is 0 Å². The molecular formula is C15H22N2O. The predicted molar refractivity (Wildman–Crippen MR) is 73.8 cm³/mol. The lowest BCUT2D eigenvalue weighted by molar-refractivity contribution is 0.0951. The molecule has 1 unspecified atom stereocenters. The van der Waals surface area contributed by atoms with Crippen LogP contribution in [0.5, 0.6) is 0 Å². The van der Waals surface area contributed by atoms with Crippen LogP contribution in [-0.4, -0.2) is 25.5 Å². The highest BCUT2D eigenvalue weighted by molar-refractivity contribution is 5.95. The number of aryl methyl sites for hydroxylation is 2. The summed E-state index contributed by atoms with van der Waals surface area (Å²) in [5.74, 6) is 0.783. The summed E-state index contributed by atoms with van der Waals surface area (Å²) in [4.78, 5) is 12.1. The summed E-state index contributed by atoms with van der Waals surface area (Å²) in [5, 5.41) is 6.37. The highest BCUT2D eigenvalue weighted by Gasteiger charge is 2.15. The summed E-state index contributed by atoms with van der Waals surface area (Å²) in [5.41, 5.74) is 2.98. The predicted octanol–water partition coefficient (Wildman–Crippen LogP) is 2.03. The third-order valence-electron chi connectivity index (χ3n) is 3.64. The Bertz CT molecular complexity index is 423. The number of rotatable bonds is 4. The fourth-order valence-electron chi connectivity index (χ4n) is 2.43. The fraction of sp³-hybridized carbons (Fsp3) is 0.533. The minimum atomic E-state index is 0.0576. The highest BCUT2D eigenvalue weighted by atomic mass is 16.1. The Morgan fingerprint density at radius 2 is 2.28 bits per heavy atom. The zero-order chi connectivity index (χ0) is 13.0. The lowest BCUT2D eigenvalue weighted by atomic mass is 10.0. The van der Waals surface area contributed by atoms with Crippen molar-refractivity contribution in [2.24, 2.45) is 5.92 Å². The summed E-state index contributed by atoms with van der Waals surface area (Å²) in [6.45, 7) is 6.99. The standard InChI is InChI=1S/C15H22N2O/c1-11-3-4-12(2)14(9-11)15(18)17-8-6-13-5-7-16-10-13/h3-4,9,13,16H,5-8,10H2,1-2H3,(H,17,18). The molecule has 1 aliphatic heterocycles. The molecule has 18 heavy (non-hydrogen) atoms. The molecule has 0 aliphatic carbocycles. The SMILES string of the molecule is Cc1ccc(C)c(C(=O)NCCC2CCNC2)c1. The Kier molecular flexibility index (Phi) is 4.37. The number of benzene rings is 1. The first-order valence-electron chi connectivity index (χ1n) is 6.73. The van der Waals surface area contributed by atoms with Crippen molar-refractivity contribution in [3.05, 3.63) is 34.9 Å². The first-order chi connectivity index (χ1) is 8.66. The van der Waals surface area contributed by atoms with E-state index in [0.717, 1.165) is 48.7 Å². The van der Waals surface area contributed by atoms with E-state index < -0.39 is 0 Å². The van der Waals surface area contributed by atoms with Gasteiger partial charge >= 0.3 is 0 Å². The summed E-state index contributed by atoms with van der Waals surface area (Å²) < 4.78 is 0. The van der Waals surface area contributed by atoms with Gasteiger partial charge in [-0.1, -0.05) is 17.7 Å². The maximum atomic E-state index is 12.1. The van der Waals surface area contributed by atoms with E-state index in [0.29, 0.717) is 0 Å². The molecule has 1 aromatic carbocycles. The molecular weight excluding hydrogens is 224 g/mol. The van der Waals surface area contributed by atoms with Crippen molar-refractivity contribution in [3.63, 3.8) is 0 Å². The van der Waals surface area contributed by atoms with Crippen LogP contribution in [0.15, 0.2) is 18.2 Å². The van der Waals surface area contributed by atoms with Crippen LogP contribution in [-0.2, 0) is 0 Å². The van der Waals surface area contributed by atoms with Crippen LogP contribution in [0.25, 0.3) is 0 Å². The average molecular weight is 246 g/mol. The van der Waals surface area contributed by atoms with Gasteiger partial charge in [-0.15, -0.1) is 0 Å². The smallest absolute Gasteiger partial charge is 0.251 e. The number of carbonyl (C=O) groups is 1. The first kappa shape index (κ1) is 13.1. The van der Waals surface area contributed by atoms with Crippen molar-refractivity contribution in [2.75, 3.05) is 19.6 Å². The van der Waals surface area contributed by atoms with E-state index >= 15 is 0 Å². The number of amides is 1. The van der Waals surface area contributed by atoms with Crippen LogP contribution >= 0.6 is 0 Å². The molecule has 2 rings (SSSR count). The molecule has 0 bridgehead atoms. The van der Waals surface area contributed by atoms with Crippen LogP contribution in [0.2, 0.25) is 0 Å². The summed E-state index contributed by atoms with van der Waals surface area (Å²) in [6, 6.07) is 6.00. The fourth-order valence-corrected chi connectivity index (χ4v) is 2.43. The van der Waals surface area contributed by atoms with Crippen LogP contribution < -0.4 is 10.6 Å². The van der Waals surface area contributed by atoms with Gasteiger partial charge in [-0.3, -0.25) is 4.79 Å². The topological polar surface area (TPSA) is 41.1 Å². The van der Waals surface area contributed by atoms with Crippen molar-refractivity contribution in [2.45, 2.75) is 26.7 Å². The molecule has 0 spiro atoms. The van der Waals surface area contributed by atoms with Crippen LogP contribution in [0.4, 0.5) is 0 Å². The Morgan fingerprint density at radius 1 is 1.44 bits per heavy atom. The third kappa shape index (κ3) is 3.33. The van der Waals surface area contributed by atoms with Gasteiger partial charge in [-0.05, 0) is 57.3 Å². The molecule has 1 amide bonds. The Labute approximate surface area is 109 Å². The molecule has 1 atom stereocenters. The molecule has 0 radical (unpaired) electrons. The second kappa shape index (κ2) is 6.01. The van der Waals surface area contributed by atoms with E-state index in [4.69, 9.17) is 0 Å². The normalized spacial score (nSPS) is 18.9. The van der Waals surface area contributed by atoms with E-state index in [-0.39, 0.29) is 5.91 Å². The number of hydrogen-bond donors (Lipinski definition) is 2. The number of carbonyl (C=O) groups excluding carboxylic acids is 1. The van der Waals surface area contributed by atoms with Gasteiger partial charge in [0.1, 0.15) is 0 Å². The Morgan fingerprint density at radius 3 is 3.00 bits per heavy atom. The van der Waals surface area contributed by atoms with Crippen LogP contribution in [0.1, 0.15) is 34.3 Å². The minimum absolute atomic E-state index is 0.0576. The van der Waals surface area contributed by atoms with Crippen molar-refractivity contribution < 1.29 is 4.79 Å². The van der Waals surface area contributed by atoms with Gasteiger partial charge in [0, 0.05) is 12.1 Å². The lowest BCUT2D eigenvalue weighted by Gasteiger charge is -2.11. The average Bonchev–Trinajstić information content (AvgIpc) is 2.85. The molecule has 1 saturated heterocycles. The second-order valence-corrected chi connectivity index (χ2v) is 5.22. The molecule has 1 aliphatic rings. The van der Waals surface area contributed by atoms with Crippen molar-refractivity contribution in [1.29, 1.82) is 0 Å². The molecule has 3 heteroatoms. The summed E-state index contributed by atoms with van der Waals surface area (Å²) >= 11 is 0. The first-order valence-corrected chi connectivity index (χ1v) is 6.73. The zero-order valence-electron chi connectivity index (χ0n) is 11.3. The molecule has 0 aromatic heterocycles.